The lowest BCUT2D eigenvalue weighted by atomic mass is 10.1. The first-order valence-electron chi connectivity index (χ1n) is 7.59. The van der Waals surface area contributed by atoms with Gasteiger partial charge in [-0.1, -0.05) is 11.6 Å². The van der Waals surface area contributed by atoms with Crippen molar-refractivity contribution < 1.29 is 19.0 Å². The summed E-state index contributed by atoms with van der Waals surface area (Å²) in [6.07, 6.45) is 2.34. The van der Waals surface area contributed by atoms with Crippen molar-refractivity contribution in [2.75, 3.05) is 0 Å². The van der Waals surface area contributed by atoms with E-state index in [1.54, 1.807) is 18.2 Å². The lowest BCUT2D eigenvalue weighted by molar-refractivity contribution is 0.375. The number of nitrogens with zero attached hydrogens (tertiary/aromatic N) is 4. The lowest BCUT2D eigenvalue weighted by Crippen LogP contribution is -1.96. The van der Waals surface area contributed by atoms with E-state index in [-0.39, 0.29) is 22.5 Å². The molecule has 0 unspecified atom stereocenters. The summed E-state index contributed by atoms with van der Waals surface area (Å²) >= 11 is 5.90. The highest BCUT2D eigenvalue weighted by Gasteiger charge is 2.17. The monoisotopic (exact) mass is 386 g/mol. The van der Waals surface area contributed by atoms with Crippen LogP contribution in [0.4, 0.5) is 8.78 Å². The van der Waals surface area contributed by atoms with E-state index >= 15 is 0 Å². The molecule has 2 heterocycles. The Kier molecular flexibility index (Phi) is 4.04. The molecule has 6 nitrogen and oxygen atoms in total. The van der Waals surface area contributed by atoms with Crippen LogP contribution in [0, 0.1) is 11.6 Å². The van der Waals surface area contributed by atoms with E-state index in [9.17, 15) is 19.0 Å². The number of aromatic hydroxyl groups is 2. The summed E-state index contributed by atoms with van der Waals surface area (Å²) < 4.78 is 29.2. The van der Waals surface area contributed by atoms with Crippen LogP contribution in [0.25, 0.3) is 33.5 Å². The van der Waals surface area contributed by atoms with Crippen LogP contribution in [0.15, 0.2) is 42.7 Å². The first kappa shape index (κ1) is 17.0. The SMILES string of the molecule is Oc1ncc(-c2cc(F)c(-c3cnc4cc(Cl)ccc4n3)cc2F)nc1O. The van der Waals surface area contributed by atoms with E-state index in [1.165, 1.54) is 6.20 Å². The average molecular weight is 387 g/mol. The molecule has 4 rings (SSSR count). The molecule has 0 radical (unpaired) electrons. The fraction of sp³-hybridized carbons (Fsp3) is 0. The quantitative estimate of drug-likeness (QED) is 0.539. The number of hydrogen-bond donors (Lipinski definition) is 2. The van der Waals surface area contributed by atoms with Crippen LogP contribution >= 0.6 is 11.6 Å². The topological polar surface area (TPSA) is 92.0 Å². The Morgan fingerprint density at radius 2 is 1.37 bits per heavy atom. The number of halogens is 3. The average Bonchev–Trinajstić information content (AvgIpc) is 2.65. The molecule has 0 aliphatic heterocycles. The summed E-state index contributed by atoms with van der Waals surface area (Å²) in [6.45, 7) is 0. The van der Waals surface area contributed by atoms with Crippen LogP contribution < -0.4 is 0 Å². The third kappa shape index (κ3) is 3.11. The summed E-state index contributed by atoms with van der Waals surface area (Å²) in [4.78, 5) is 15.5. The standard InChI is InChI=1S/C18H9ClF2N4O2/c19-8-1-2-13-14(3-8)22-6-15(24-13)9-4-12(21)10(5-11(9)20)16-7-23-17(26)18(27)25-16/h1-7H,(H,23,26)(H,25,27). The minimum absolute atomic E-state index is 0.0865. The second kappa shape index (κ2) is 6.40. The predicted octanol–water partition coefficient (Wildman–Crippen LogP) is 4.10. The molecule has 2 aromatic carbocycles. The molecule has 0 fully saturated rings. The molecule has 4 aromatic rings. The van der Waals surface area contributed by atoms with Crippen LogP contribution in [0.1, 0.15) is 0 Å². The van der Waals surface area contributed by atoms with Gasteiger partial charge in [0, 0.05) is 16.1 Å². The molecule has 0 aliphatic carbocycles. The molecule has 2 N–H and O–H groups in total. The Balaban J connectivity index is 1.82. The summed E-state index contributed by atoms with van der Waals surface area (Å²) in [5.41, 5.74) is 0.713. The van der Waals surface area contributed by atoms with Gasteiger partial charge in [0.25, 0.3) is 11.8 Å². The maximum Gasteiger partial charge on any atom is 0.276 e. The van der Waals surface area contributed by atoms with Crippen molar-refractivity contribution >= 4 is 22.6 Å². The van der Waals surface area contributed by atoms with Crippen molar-refractivity contribution in [2.45, 2.75) is 0 Å². The van der Waals surface area contributed by atoms with Crippen molar-refractivity contribution in [2.24, 2.45) is 0 Å². The van der Waals surface area contributed by atoms with Gasteiger partial charge in [0.05, 0.1) is 34.8 Å². The number of aromatic nitrogens is 4. The second-order valence-corrected chi connectivity index (χ2v) is 6.04. The van der Waals surface area contributed by atoms with E-state index in [0.29, 0.717) is 16.1 Å². The van der Waals surface area contributed by atoms with Crippen molar-refractivity contribution in [1.82, 2.24) is 19.9 Å². The molecule has 2 aromatic heterocycles. The van der Waals surface area contributed by atoms with Crippen LogP contribution in [0.5, 0.6) is 11.8 Å². The number of benzene rings is 2. The summed E-state index contributed by atoms with van der Waals surface area (Å²) in [5, 5.41) is 19.1. The molecule has 0 aliphatic rings. The Hall–Kier alpha value is -3.39. The molecule has 0 saturated heterocycles. The van der Waals surface area contributed by atoms with Gasteiger partial charge in [0.1, 0.15) is 11.6 Å². The minimum atomic E-state index is -0.802. The third-order valence-electron chi connectivity index (χ3n) is 3.85. The van der Waals surface area contributed by atoms with Gasteiger partial charge >= 0.3 is 0 Å². The Labute approximate surface area is 155 Å². The van der Waals surface area contributed by atoms with Gasteiger partial charge in [-0.05, 0) is 30.3 Å². The fourth-order valence-electron chi connectivity index (χ4n) is 2.56. The maximum atomic E-state index is 14.6. The molecule has 0 bridgehead atoms. The molecule has 0 atom stereocenters. The van der Waals surface area contributed by atoms with Crippen LogP contribution in [-0.2, 0) is 0 Å². The van der Waals surface area contributed by atoms with Gasteiger partial charge in [-0.25, -0.2) is 23.7 Å². The van der Waals surface area contributed by atoms with E-state index in [2.05, 4.69) is 19.9 Å². The Morgan fingerprint density at radius 3 is 2.04 bits per heavy atom. The summed E-state index contributed by atoms with van der Waals surface area (Å²) in [6, 6.07) is 6.74. The molecular weight excluding hydrogens is 378 g/mol. The molecule has 27 heavy (non-hydrogen) atoms. The summed E-state index contributed by atoms with van der Waals surface area (Å²) in [7, 11) is 0. The normalized spacial score (nSPS) is 11.1. The molecule has 9 heteroatoms. The molecular formula is C18H9ClF2N4O2. The molecule has 0 spiro atoms. The van der Waals surface area contributed by atoms with Crippen molar-refractivity contribution in [3.8, 4) is 34.3 Å². The molecule has 0 amide bonds. The highest BCUT2D eigenvalue weighted by atomic mass is 35.5. The largest absolute Gasteiger partial charge is 0.489 e. The minimum Gasteiger partial charge on any atom is -0.489 e. The van der Waals surface area contributed by atoms with Gasteiger partial charge in [0.15, 0.2) is 0 Å². The van der Waals surface area contributed by atoms with E-state index in [0.717, 1.165) is 18.3 Å². The lowest BCUT2D eigenvalue weighted by Gasteiger charge is -2.08. The zero-order chi connectivity index (χ0) is 19.1. The maximum absolute atomic E-state index is 14.6. The first-order valence-corrected chi connectivity index (χ1v) is 7.97. The highest BCUT2D eigenvalue weighted by molar-refractivity contribution is 6.31. The number of rotatable bonds is 2. The fourth-order valence-corrected chi connectivity index (χ4v) is 2.72. The van der Waals surface area contributed by atoms with E-state index < -0.39 is 23.4 Å². The number of fused-ring (bicyclic) bond motifs is 1. The zero-order valence-corrected chi connectivity index (χ0v) is 14.1. The second-order valence-electron chi connectivity index (χ2n) is 5.60. The van der Waals surface area contributed by atoms with E-state index in [4.69, 9.17) is 11.6 Å². The van der Waals surface area contributed by atoms with Gasteiger partial charge in [-0.2, -0.15) is 0 Å². The van der Waals surface area contributed by atoms with Crippen LogP contribution in [-0.4, -0.2) is 30.1 Å². The van der Waals surface area contributed by atoms with Crippen LogP contribution in [0.3, 0.4) is 0 Å². The Morgan fingerprint density at radius 1 is 0.741 bits per heavy atom. The van der Waals surface area contributed by atoms with Crippen molar-refractivity contribution in [3.63, 3.8) is 0 Å². The predicted molar refractivity (Wildman–Crippen MR) is 94.3 cm³/mol. The van der Waals surface area contributed by atoms with Gasteiger partial charge < -0.3 is 10.2 Å². The Bertz CT molecular complexity index is 1200. The van der Waals surface area contributed by atoms with E-state index in [1.807, 2.05) is 0 Å². The number of hydrogen-bond acceptors (Lipinski definition) is 6. The van der Waals surface area contributed by atoms with Gasteiger partial charge in [0.2, 0.25) is 0 Å². The van der Waals surface area contributed by atoms with Gasteiger partial charge in [-0.15, -0.1) is 0 Å². The van der Waals surface area contributed by atoms with Crippen molar-refractivity contribution in [3.05, 3.63) is 59.4 Å². The summed E-state index contributed by atoms with van der Waals surface area (Å²) in [5.74, 6) is -3.05. The molecule has 0 saturated carbocycles. The van der Waals surface area contributed by atoms with Gasteiger partial charge in [-0.3, -0.25) is 4.98 Å². The zero-order valence-electron chi connectivity index (χ0n) is 13.4. The van der Waals surface area contributed by atoms with Crippen molar-refractivity contribution in [1.29, 1.82) is 0 Å². The highest BCUT2D eigenvalue weighted by Crippen LogP contribution is 2.31. The third-order valence-corrected chi connectivity index (χ3v) is 4.08. The smallest absolute Gasteiger partial charge is 0.276 e. The molecule has 134 valence electrons. The van der Waals surface area contributed by atoms with Crippen LogP contribution in [0.2, 0.25) is 5.02 Å². The first-order chi connectivity index (χ1) is 12.9.